The summed E-state index contributed by atoms with van der Waals surface area (Å²) in [5, 5.41) is 0.495. The first-order chi connectivity index (χ1) is 14.8. The van der Waals surface area contributed by atoms with Gasteiger partial charge in [-0.1, -0.05) is 31.0 Å². The normalized spacial score (nSPS) is 12.1. The molecule has 2 heterocycles. The lowest BCUT2D eigenvalue weighted by Gasteiger charge is -2.14. The molecule has 0 saturated carbocycles. The number of esters is 1. The number of hydrogen-bond donors (Lipinski definition) is 1. The van der Waals surface area contributed by atoms with E-state index in [-0.39, 0.29) is 12.1 Å². The second-order valence-electron chi connectivity index (χ2n) is 7.03. The van der Waals surface area contributed by atoms with Gasteiger partial charge in [-0.2, -0.15) is 0 Å². The maximum atomic E-state index is 12.4. The smallest absolute Gasteiger partial charge is 0.347 e. The van der Waals surface area contributed by atoms with Crippen molar-refractivity contribution < 1.29 is 14.3 Å². The number of rotatable bonds is 9. The van der Waals surface area contributed by atoms with Crippen LogP contribution in [0.3, 0.4) is 0 Å². The zero-order valence-corrected chi connectivity index (χ0v) is 18.4. The number of aromatic amines is 1. The molecule has 2 aromatic heterocycles. The Morgan fingerprint density at radius 3 is 2.71 bits per heavy atom. The number of imidazole rings is 1. The minimum atomic E-state index is -0.871. The molecule has 0 radical (unpaired) electrons. The van der Waals surface area contributed by atoms with E-state index in [2.05, 4.69) is 9.97 Å². The van der Waals surface area contributed by atoms with E-state index in [9.17, 15) is 14.4 Å². The number of benzene rings is 1. The van der Waals surface area contributed by atoms with Gasteiger partial charge < -0.3 is 14.0 Å². The first-order valence-corrected chi connectivity index (χ1v) is 10.5. The fourth-order valence-corrected chi connectivity index (χ4v) is 3.42. The Labute approximate surface area is 183 Å². The van der Waals surface area contributed by atoms with Crippen LogP contribution in [0.1, 0.15) is 39.4 Å². The molecule has 1 atom stereocenters. The summed E-state index contributed by atoms with van der Waals surface area (Å²) in [4.78, 5) is 43.9. The van der Waals surface area contributed by atoms with Crippen LogP contribution in [0.4, 0.5) is 0 Å². The van der Waals surface area contributed by atoms with E-state index in [0.29, 0.717) is 35.3 Å². The summed E-state index contributed by atoms with van der Waals surface area (Å²) in [5.74, 6) is 0.235. The molecular formula is C21H25ClN4O5. The largest absolute Gasteiger partial charge is 0.479 e. The molecule has 1 aromatic carbocycles. The topological polar surface area (TPSA) is 108 Å². The van der Waals surface area contributed by atoms with Crippen LogP contribution in [-0.2, 0) is 29.2 Å². The Kier molecular flexibility index (Phi) is 7.17. The number of ether oxygens (including phenoxy) is 2. The molecule has 9 nitrogen and oxygen atoms in total. The van der Waals surface area contributed by atoms with Gasteiger partial charge >= 0.3 is 11.7 Å². The number of unbranched alkanes of at least 4 members (excludes halogenated alkanes) is 1. The number of halogens is 1. The fraction of sp³-hybridized carbons (Fsp3) is 0.429. The third-order valence-electron chi connectivity index (χ3n) is 4.80. The second-order valence-corrected chi connectivity index (χ2v) is 7.47. The van der Waals surface area contributed by atoms with E-state index in [0.717, 1.165) is 12.8 Å². The summed E-state index contributed by atoms with van der Waals surface area (Å²) in [6, 6.07) is 6.71. The number of aromatic nitrogens is 4. The van der Waals surface area contributed by atoms with Crippen molar-refractivity contribution in [3.8, 4) is 5.75 Å². The third kappa shape index (κ3) is 4.99. The van der Waals surface area contributed by atoms with Gasteiger partial charge in [-0.25, -0.2) is 14.6 Å². The minimum absolute atomic E-state index is 0.161. The van der Waals surface area contributed by atoms with Gasteiger partial charge in [0.05, 0.1) is 0 Å². The lowest BCUT2D eigenvalue weighted by atomic mass is 10.3. The fourth-order valence-electron chi connectivity index (χ4n) is 3.24. The number of nitrogens with zero attached hydrogens (tertiary/aromatic N) is 3. The quantitative estimate of drug-likeness (QED) is 0.504. The molecule has 0 saturated heterocycles. The average Bonchev–Trinajstić information content (AvgIpc) is 3.10. The van der Waals surface area contributed by atoms with Crippen LogP contribution in [0, 0.1) is 0 Å². The molecule has 0 spiro atoms. The van der Waals surface area contributed by atoms with E-state index in [1.54, 1.807) is 35.8 Å². The van der Waals surface area contributed by atoms with Crippen molar-refractivity contribution in [1.29, 1.82) is 0 Å². The average molecular weight is 449 g/mol. The minimum Gasteiger partial charge on any atom is -0.479 e. The second kappa shape index (κ2) is 9.82. The van der Waals surface area contributed by atoms with Crippen molar-refractivity contribution in [1.82, 2.24) is 19.1 Å². The van der Waals surface area contributed by atoms with E-state index in [4.69, 9.17) is 21.1 Å². The molecule has 10 heteroatoms. The number of nitrogens with one attached hydrogen (secondary N) is 1. The molecule has 1 unspecified atom stereocenters. The Bertz CT molecular complexity index is 1200. The van der Waals surface area contributed by atoms with E-state index < -0.39 is 23.3 Å². The first kappa shape index (κ1) is 22.6. The van der Waals surface area contributed by atoms with E-state index in [1.807, 2.05) is 13.8 Å². The Balaban J connectivity index is 1.82. The van der Waals surface area contributed by atoms with E-state index in [1.165, 1.54) is 4.57 Å². The van der Waals surface area contributed by atoms with Crippen LogP contribution >= 0.6 is 11.6 Å². The molecule has 0 aliphatic rings. The van der Waals surface area contributed by atoms with Crippen molar-refractivity contribution in [3.05, 3.63) is 56.0 Å². The van der Waals surface area contributed by atoms with Crippen LogP contribution in [0.25, 0.3) is 11.2 Å². The predicted molar refractivity (Wildman–Crippen MR) is 117 cm³/mol. The van der Waals surface area contributed by atoms with Gasteiger partial charge in [0.15, 0.2) is 17.3 Å². The Hall–Kier alpha value is -3.07. The van der Waals surface area contributed by atoms with Gasteiger partial charge in [-0.05, 0) is 38.5 Å². The number of carbonyl (C=O) groups excluding carboxylic acids is 1. The Morgan fingerprint density at radius 2 is 2.03 bits per heavy atom. The van der Waals surface area contributed by atoms with Gasteiger partial charge in [0.25, 0.3) is 5.56 Å². The molecule has 0 amide bonds. The number of fused-ring (bicyclic) bond motifs is 1. The standard InChI is InChI=1S/C21H25ClN4O5/c1-4-6-10-26-18-17(19(27)24-21(26)29)25(5-2)16(23-18)12-30-20(28)13(3)31-15-9-7-8-14(22)11-15/h7-9,11,13H,4-6,10,12H2,1-3H3,(H,24,27,29). The monoisotopic (exact) mass is 448 g/mol. The molecule has 3 aromatic rings. The number of carbonyl (C=O) groups is 1. The summed E-state index contributed by atoms with van der Waals surface area (Å²) >= 11 is 5.93. The molecule has 0 aliphatic carbocycles. The highest BCUT2D eigenvalue weighted by molar-refractivity contribution is 6.30. The lowest BCUT2D eigenvalue weighted by Crippen LogP contribution is -2.31. The van der Waals surface area contributed by atoms with Gasteiger partial charge in [0.2, 0.25) is 0 Å². The maximum Gasteiger partial charge on any atom is 0.347 e. The third-order valence-corrected chi connectivity index (χ3v) is 5.04. The lowest BCUT2D eigenvalue weighted by molar-refractivity contribution is -0.152. The van der Waals surface area contributed by atoms with Crippen LogP contribution in [0.2, 0.25) is 5.02 Å². The van der Waals surface area contributed by atoms with Gasteiger partial charge in [0.1, 0.15) is 18.2 Å². The molecule has 0 fully saturated rings. The molecule has 3 rings (SSSR count). The summed E-state index contributed by atoms with van der Waals surface area (Å²) in [5.41, 5.74) is -0.443. The van der Waals surface area contributed by atoms with Crippen molar-refractivity contribution in [2.24, 2.45) is 0 Å². The highest BCUT2D eigenvalue weighted by Crippen LogP contribution is 2.19. The highest BCUT2D eigenvalue weighted by Gasteiger charge is 2.21. The summed E-state index contributed by atoms with van der Waals surface area (Å²) in [6.07, 6.45) is 0.781. The van der Waals surface area contributed by atoms with Gasteiger partial charge in [-0.3, -0.25) is 14.3 Å². The van der Waals surface area contributed by atoms with Crippen molar-refractivity contribution in [2.75, 3.05) is 0 Å². The summed E-state index contributed by atoms with van der Waals surface area (Å²) < 4.78 is 14.0. The molecule has 31 heavy (non-hydrogen) atoms. The molecule has 0 aliphatic heterocycles. The van der Waals surface area contributed by atoms with Crippen LogP contribution in [-0.4, -0.2) is 31.2 Å². The zero-order valence-electron chi connectivity index (χ0n) is 17.7. The van der Waals surface area contributed by atoms with Crippen LogP contribution in [0.5, 0.6) is 5.75 Å². The summed E-state index contributed by atoms with van der Waals surface area (Å²) in [6.45, 7) is 6.12. The predicted octanol–water partition coefficient (Wildman–Crippen LogP) is 2.87. The van der Waals surface area contributed by atoms with Crippen molar-refractivity contribution in [2.45, 2.75) is 59.4 Å². The number of H-pyrrole nitrogens is 1. The van der Waals surface area contributed by atoms with Crippen LogP contribution < -0.4 is 16.0 Å². The van der Waals surface area contributed by atoms with Gasteiger partial charge in [-0.15, -0.1) is 0 Å². The van der Waals surface area contributed by atoms with Crippen molar-refractivity contribution >= 4 is 28.7 Å². The highest BCUT2D eigenvalue weighted by atomic mass is 35.5. The number of hydrogen-bond acceptors (Lipinski definition) is 6. The maximum absolute atomic E-state index is 12.4. The zero-order chi connectivity index (χ0) is 22.5. The molecule has 1 N–H and O–H groups in total. The Morgan fingerprint density at radius 1 is 1.26 bits per heavy atom. The van der Waals surface area contributed by atoms with E-state index >= 15 is 0 Å². The summed E-state index contributed by atoms with van der Waals surface area (Å²) in [7, 11) is 0. The molecule has 0 bridgehead atoms. The number of aryl methyl sites for hydroxylation is 2. The molecule has 166 valence electrons. The van der Waals surface area contributed by atoms with Gasteiger partial charge in [0, 0.05) is 18.1 Å². The SMILES string of the molecule is CCCCn1c(=O)[nH]c(=O)c2c1nc(COC(=O)C(C)Oc1cccc(Cl)c1)n2CC. The van der Waals surface area contributed by atoms with Crippen molar-refractivity contribution in [3.63, 3.8) is 0 Å². The van der Waals surface area contributed by atoms with Crippen LogP contribution in [0.15, 0.2) is 33.9 Å². The first-order valence-electron chi connectivity index (χ1n) is 10.2. The molecular weight excluding hydrogens is 424 g/mol.